The molecule has 2 aromatic rings. The molecular weight excluding hydrogens is 286 g/mol. The van der Waals surface area contributed by atoms with Crippen LogP contribution in [-0.4, -0.2) is 42.0 Å². The summed E-state index contributed by atoms with van der Waals surface area (Å²) in [7, 11) is 0. The van der Waals surface area contributed by atoms with Crippen LogP contribution in [0, 0.1) is 20.8 Å². The second-order valence-electron chi connectivity index (χ2n) is 6.17. The number of aromatic nitrogens is 1. The van der Waals surface area contributed by atoms with Crippen molar-refractivity contribution in [2.45, 2.75) is 20.8 Å². The molecule has 3 rings (SSSR count). The van der Waals surface area contributed by atoms with Crippen LogP contribution in [0.15, 0.2) is 30.3 Å². The number of hydrogen-bond acceptors (Lipinski definition) is 3. The van der Waals surface area contributed by atoms with E-state index in [9.17, 15) is 4.79 Å². The fourth-order valence-corrected chi connectivity index (χ4v) is 2.89. The Hall–Kier alpha value is -2.20. The highest BCUT2D eigenvalue weighted by atomic mass is 16.2. The third-order valence-corrected chi connectivity index (χ3v) is 4.52. The van der Waals surface area contributed by atoms with Gasteiger partial charge in [0.25, 0.3) is 5.91 Å². The Morgan fingerprint density at radius 1 is 1.04 bits per heavy atom. The number of carbonyl (C=O) groups excluding carboxylic acids is 1. The van der Waals surface area contributed by atoms with Crippen molar-refractivity contribution in [1.82, 2.24) is 15.2 Å². The molecule has 4 heteroatoms. The zero-order valence-corrected chi connectivity index (χ0v) is 14.0. The van der Waals surface area contributed by atoms with Gasteiger partial charge in [0.05, 0.1) is 17.0 Å². The zero-order valence-electron chi connectivity index (χ0n) is 14.0. The first-order valence-corrected chi connectivity index (χ1v) is 8.11. The van der Waals surface area contributed by atoms with Gasteiger partial charge in [-0.05, 0) is 50.1 Å². The lowest BCUT2D eigenvalue weighted by Crippen LogP contribution is -2.46. The Morgan fingerprint density at radius 3 is 2.43 bits per heavy atom. The van der Waals surface area contributed by atoms with E-state index in [2.05, 4.69) is 42.3 Å². The maximum absolute atomic E-state index is 12.6. The van der Waals surface area contributed by atoms with Gasteiger partial charge in [0.15, 0.2) is 0 Å². The number of amides is 1. The van der Waals surface area contributed by atoms with Gasteiger partial charge in [0.2, 0.25) is 0 Å². The molecule has 0 unspecified atom stereocenters. The fraction of sp³-hybridized carbons (Fsp3) is 0.368. The Morgan fingerprint density at radius 2 is 1.78 bits per heavy atom. The number of nitrogens with zero attached hydrogens (tertiary/aromatic N) is 2. The maximum Gasteiger partial charge on any atom is 0.255 e. The number of benzene rings is 1. The molecule has 2 heterocycles. The first kappa shape index (κ1) is 15.7. The van der Waals surface area contributed by atoms with E-state index >= 15 is 0 Å². The topological polar surface area (TPSA) is 45.2 Å². The molecule has 0 radical (unpaired) electrons. The van der Waals surface area contributed by atoms with Crippen LogP contribution in [0.3, 0.4) is 0 Å². The van der Waals surface area contributed by atoms with Crippen LogP contribution in [0.25, 0.3) is 11.3 Å². The normalized spacial score (nSPS) is 14.8. The minimum absolute atomic E-state index is 0.0862. The lowest BCUT2D eigenvalue weighted by Gasteiger charge is -2.27. The van der Waals surface area contributed by atoms with Gasteiger partial charge < -0.3 is 10.2 Å². The van der Waals surface area contributed by atoms with E-state index in [0.29, 0.717) is 5.56 Å². The van der Waals surface area contributed by atoms with Crippen LogP contribution in [0.5, 0.6) is 0 Å². The SMILES string of the molecule is Cc1ccc(-c2ccc(C(=O)N3CCNCC3)c(C)n2)cc1C. The molecule has 120 valence electrons. The maximum atomic E-state index is 12.6. The molecule has 0 aliphatic carbocycles. The molecule has 1 fully saturated rings. The van der Waals surface area contributed by atoms with Gasteiger partial charge in [-0.1, -0.05) is 12.1 Å². The zero-order chi connectivity index (χ0) is 16.4. The molecule has 23 heavy (non-hydrogen) atoms. The molecule has 0 spiro atoms. The largest absolute Gasteiger partial charge is 0.336 e. The summed E-state index contributed by atoms with van der Waals surface area (Å²) in [5.74, 6) is 0.0862. The number of rotatable bonds is 2. The van der Waals surface area contributed by atoms with Gasteiger partial charge >= 0.3 is 0 Å². The molecule has 1 saturated heterocycles. The third-order valence-electron chi connectivity index (χ3n) is 4.52. The Bertz CT molecular complexity index is 733. The molecule has 0 bridgehead atoms. The number of piperazine rings is 1. The van der Waals surface area contributed by atoms with Crippen molar-refractivity contribution in [3.05, 3.63) is 52.7 Å². The van der Waals surface area contributed by atoms with Gasteiger partial charge in [-0.15, -0.1) is 0 Å². The van der Waals surface area contributed by atoms with Crippen molar-refractivity contribution >= 4 is 5.91 Å². The summed E-state index contributed by atoms with van der Waals surface area (Å²) < 4.78 is 0. The minimum atomic E-state index is 0.0862. The van der Waals surface area contributed by atoms with E-state index in [1.165, 1.54) is 11.1 Å². The quantitative estimate of drug-likeness (QED) is 0.928. The summed E-state index contributed by atoms with van der Waals surface area (Å²) >= 11 is 0. The van der Waals surface area contributed by atoms with E-state index in [1.54, 1.807) is 0 Å². The molecule has 1 amide bonds. The highest BCUT2D eigenvalue weighted by molar-refractivity contribution is 5.95. The summed E-state index contributed by atoms with van der Waals surface area (Å²) in [6, 6.07) is 10.2. The van der Waals surface area contributed by atoms with Gasteiger partial charge in [-0.3, -0.25) is 9.78 Å². The molecule has 4 nitrogen and oxygen atoms in total. The van der Waals surface area contributed by atoms with Crippen molar-refractivity contribution in [2.75, 3.05) is 26.2 Å². The van der Waals surface area contributed by atoms with Crippen molar-refractivity contribution < 1.29 is 4.79 Å². The summed E-state index contributed by atoms with van der Waals surface area (Å²) in [4.78, 5) is 19.2. The summed E-state index contributed by atoms with van der Waals surface area (Å²) in [5, 5.41) is 3.27. The number of nitrogens with one attached hydrogen (secondary N) is 1. The Balaban J connectivity index is 1.88. The van der Waals surface area contributed by atoms with E-state index in [0.717, 1.165) is 43.1 Å². The van der Waals surface area contributed by atoms with E-state index < -0.39 is 0 Å². The average molecular weight is 309 g/mol. The van der Waals surface area contributed by atoms with E-state index in [1.807, 2.05) is 24.0 Å². The van der Waals surface area contributed by atoms with Gasteiger partial charge in [-0.25, -0.2) is 0 Å². The molecule has 0 saturated carbocycles. The molecule has 1 aliphatic heterocycles. The fourth-order valence-electron chi connectivity index (χ4n) is 2.89. The average Bonchev–Trinajstić information content (AvgIpc) is 2.57. The number of aryl methyl sites for hydroxylation is 3. The second kappa shape index (κ2) is 6.50. The van der Waals surface area contributed by atoms with Crippen LogP contribution in [0.2, 0.25) is 0 Å². The predicted molar refractivity (Wildman–Crippen MR) is 92.7 cm³/mol. The number of hydrogen-bond donors (Lipinski definition) is 1. The second-order valence-corrected chi connectivity index (χ2v) is 6.17. The van der Waals surface area contributed by atoms with Crippen molar-refractivity contribution in [1.29, 1.82) is 0 Å². The van der Waals surface area contributed by atoms with Crippen LogP contribution in [0.1, 0.15) is 27.2 Å². The molecule has 1 N–H and O–H groups in total. The molecule has 1 aromatic carbocycles. The molecule has 0 atom stereocenters. The van der Waals surface area contributed by atoms with Crippen LogP contribution in [-0.2, 0) is 0 Å². The van der Waals surface area contributed by atoms with Crippen molar-refractivity contribution in [3.63, 3.8) is 0 Å². The van der Waals surface area contributed by atoms with Gasteiger partial charge in [0, 0.05) is 31.7 Å². The number of carbonyl (C=O) groups is 1. The van der Waals surface area contributed by atoms with E-state index in [4.69, 9.17) is 0 Å². The molecular formula is C19H23N3O. The number of pyridine rings is 1. The van der Waals surface area contributed by atoms with Crippen LogP contribution >= 0.6 is 0 Å². The first-order valence-electron chi connectivity index (χ1n) is 8.11. The van der Waals surface area contributed by atoms with Crippen LogP contribution in [0.4, 0.5) is 0 Å². The predicted octanol–water partition coefficient (Wildman–Crippen LogP) is 2.72. The van der Waals surface area contributed by atoms with E-state index in [-0.39, 0.29) is 5.91 Å². The molecule has 1 aliphatic rings. The lowest BCUT2D eigenvalue weighted by atomic mass is 10.0. The monoisotopic (exact) mass is 309 g/mol. The third kappa shape index (κ3) is 3.27. The summed E-state index contributed by atoms with van der Waals surface area (Å²) in [5.41, 5.74) is 6.04. The van der Waals surface area contributed by atoms with Gasteiger partial charge in [0.1, 0.15) is 0 Å². The Kier molecular flexibility index (Phi) is 4.44. The van der Waals surface area contributed by atoms with Crippen LogP contribution < -0.4 is 5.32 Å². The lowest BCUT2D eigenvalue weighted by molar-refractivity contribution is 0.0734. The van der Waals surface area contributed by atoms with Crippen molar-refractivity contribution in [2.24, 2.45) is 0 Å². The Labute approximate surface area is 137 Å². The smallest absolute Gasteiger partial charge is 0.255 e. The minimum Gasteiger partial charge on any atom is -0.336 e. The van der Waals surface area contributed by atoms with Gasteiger partial charge in [-0.2, -0.15) is 0 Å². The first-order chi connectivity index (χ1) is 11.1. The van der Waals surface area contributed by atoms with Crippen molar-refractivity contribution in [3.8, 4) is 11.3 Å². The highest BCUT2D eigenvalue weighted by Gasteiger charge is 2.20. The highest BCUT2D eigenvalue weighted by Crippen LogP contribution is 2.22. The molecule has 1 aromatic heterocycles. The summed E-state index contributed by atoms with van der Waals surface area (Å²) in [6.45, 7) is 9.37. The summed E-state index contributed by atoms with van der Waals surface area (Å²) in [6.07, 6.45) is 0. The standard InChI is InChI=1S/C19H23N3O/c1-13-4-5-16(12-14(13)2)18-7-6-17(15(3)21-18)19(23)22-10-8-20-9-11-22/h4-7,12,20H,8-11H2,1-3H3.